The molecule has 6 heteroatoms. The van der Waals surface area contributed by atoms with Crippen LogP contribution in [-0.2, 0) is 12.6 Å². The molecular formula is C11H5F3N2O. The van der Waals surface area contributed by atoms with Crippen LogP contribution in [0.2, 0.25) is 0 Å². The number of hydrogen-bond acceptors (Lipinski definition) is 3. The minimum atomic E-state index is -4.65. The zero-order valence-electron chi connectivity index (χ0n) is 8.38. The van der Waals surface area contributed by atoms with Crippen LogP contribution < -0.4 is 0 Å². The summed E-state index contributed by atoms with van der Waals surface area (Å²) in [5.74, 6) is 0. The van der Waals surface area contributed by atoms with Gasteiger partial charge in [-0.05, 0) is 17.7 Å². The lowest BCUT2D eigenvalue weighted by atomic mass is 9.97. The SMILES string of the molecule is N#CCc1cc(C#N)c(C=O)cc1C(F)(F)F. The van der Waals surface area contributed by atoms with Gasteiger partial charge >= 0.3 is 6.18 Å². The third kappa shape index (κ3) is 2.61. The van der Waals surface area contributed by atoms with Crippen molar-refractivity contribution in [2.45, 2.75) is 12.6 Å². The zero-order chi connectivity index (χ0) is 13.1. The molecule has 0 saturated carbocycles. The standard InChI is InChI=1S/C11H5F3N2O/c12-11(13,14)10-4-9(6-17)8(5-16)3-7(10)1-2-15/h3-4,6H,1H2. The molecule has 0 saturated heterocycles. The Labute approximate surface area is 94.7 Å². The Hall–Kier alpha value is -2.34. The molecule has 3 nitrogen and oxygen atoms in total. The molecule has 0 aromatic heterocycles. The molecule has 1 rings (SSSR count). The Morgan fingerprint density at radius 1 is 1.29 bits per heavy atom. The van der Waals surface area contributed by atoms with Crippen LogP contribution in [0, 0.1) is 22.7 Å². The topological polar surface area (TPSA) is 64.7 Å². The third-order valence-electron chi connectivity index (χ3n) is 2.10. The van der Waals surface area contributed by atoms with Crippen molar-refractivity contribution in [1.82, 2.24) is 0 Å². The van der Waals surface area contributed by atoms with Crippen molar-refractivity contribution in [2.75, 3.05) is 0 Å². The molecule has 1 aromatic carbocycles. The average molecular weight is 238 g/mol. The molecule has 0 amide bonds. The first-order chi connectivity index (χ1) is 7.93. The number of aldehydes is 1. The lowest BCUT2D eigenvalue weighted by Crippen LogP contribution is -2.11. The quantitative estimate of drug-likeness (QED) is 0.743. The largest absolute Gasteiger partial charge is 0.416 e. The highest BCUT2D eigenvalue weighted by molar-refractivity contribution is 5.80. The fourth-order valence-corrected chi connectivity index (χ4v) is 1.35. The van der Waals surface area contributed by atoms with Gasteiger partial charge in [0.15, 0.2) is 6.29 Å². The normalized spacial score (nSPS) is 10.4. The van der Waals surface area contributed by atoms with Gasteiger partial charge in [0, 0.05) is 5.56 Å². The molecular weight excluding hydrogens is 233 g/mol. The molecule has 0 N–H and O–H groups in total. The molecule has 0 spiro atoms. The van der Waals surface area contributed by atoms with Crippen molar-refractivity contribution in [3.8, 4) is 12.1 Å². The Morgan fingerprint density at radius 2 is 1.94 bits per heavy atom. The summed E-state index contributed by atoms with van der Waals surface area (Å²) in [5, 5.41) is 17.1. The molecule has 0 unspecified atom stereocenters. The van der Waals surface area contributed by atoms with E-state index in [-0.39, 0.29) is 23.0 Å². The fourth-order valence-electron chi connectivity index (χ4n) is 1.35. The lowest BCUT2D eigenvalue weighted by molar-refractivity contribution is -0.138. The highest BCUT2D eigenvalue weighted by Crippen LogP contribution is 2.33. The second-order valence-corrected chi connectivity index (χ2v) is 3.16. The van der Waals surface area contributed by atoms with E-state index in [4.69, 9.17) is 10.5 Å². The monoisotopic (exact) mass is 238 g/mol. The van der Waals surface area contributed by atoms with Crippen LogP contribution >= 0.6 is 0 Å². The van der Waals surface area contributed by atoms with E-state index in [2.05, 4.69) is 0 Å². The van der Waals surface area contributed by atoms with Crippen LogP contribution in [0.15, 0.2) is 12.1 Å². The number of nitriles is 2. The number of hydrogen-bond donors (Lipinski definition) is 0. The van der Waals surface area contributed by atoms with Crippen molar-refractivity contribution in [2.24, 2.45) is 0 Å². The van der Waals surface area contributed by atoms with Crippen LogP contribution in [-0.4, -0.2) is 6.29 Å². The lowest BCUT2D eigenvalue weighted by Gasteiger charge is -2.12. The maximum Gasteiger partial charge on any atom is 0.416 e. The number of halogens is 3. The van der Waals surface area contributed by atoms with Crippen LogP contribution in [0.4, 0.5) is 13.2 Å². The molecule has 0 aliphatic heterocycles. The van der Waals surface area contributed by atoms with Crippen LogP contribution in [0.5, 0.6) is 0 Å². The zero-order valence-corrected chi connectivity index (χ0v) is 8.38. The third-order valence-corrected chi connectivity index (χ3v) is 2.10. The van der Waals surface area contributed by atoms with E-state index in [0.29, 0.717) is 6.07 Å². The summed E-state index contributed by atoms with van der Waals surface area (Å²) in [6.45, 7) is 0. The summed E-state index contributed by atoms with van der Waals surface area (Å²) in [7, 11) is 0. The maximum atomic E-state index is 12.6. The number of nitrogens with zero attached hydrogens (tertiary/aromatic N) is 2. The van der Waals surface area contributed by atoms with Gasteiger partial charge < -0.3 is 0 Å². The van der Waals surface area contributed by atoms with E-state index in [0.717, 1.165) is 6.07 Å². The molecule has 0 atom stereocenters. The first-order valence-corrected chi connectivity index (χ1v) is 4.40. The Balaban J connectivity index is 3.54. The summed E-state index contributed by atoms with van der Waals surface area (Å²) < 4.78 is 37.8. The van der Waals surface area contributed by atoms with Gasteiger partial charge in [-0.3, -0.25) is 4.79 Å². The van der Waals surface area contributed by atoms with E-state index < -0.39 is 18.2 Å². The summed E-state index contributed by atoms with van der Waals surface area (Å²) in [6.07, 6.45) is -4.94. The van der Waals surface area contributed by atoms with Gasteiger partial charge in [-0.15, -0.1) is 0 Å². The summed E-state index contributed by atoms with van der Waals surface area (Å²) in [4.78, 5) is 10.6. The van der Waals surface area contributed by atoms with Crippen molar-refractivity contribution in [3.05, 3.63) is 34.4 Å². The van der Waals surface area contributed by atoms with Crippen LogP contribution in [0.25, 0.3) is 0 Å². The smallest absolute Gasteiger partial charge is 0.298 e. The highest BCUT2D eigenvalue weighted by atomic mass is 19.4. The first-order valence-electron chi connectivity index (χ1n) is 4.40. The second-order valence-electron chi connectivity index (χ2n) is 3.16. The Morgan fingerprint density at radius 3 is 2.35 bits per heavy atom. The molecule has 0 radical (unpaired) electrons. The minimum absolute atomic E-state index is 0.168. The van der Waals surface area contributed by atoms with E-state index >= 15 is 0 Å². The van der Waals surface area contributed by atoms with Gasteiger partial charge in [-0.2, -0.15) is 23.7 Å². The molecule has 1 aromatic rings. The van der Waals surface area contributed by atoms with Gasteiger partial charge in [0.25, 0.3) is 0 Å². The van der Waals surface area contributed by atoms with Gasteiger partial charge in [0.05, 0.1) is 29.7 Å². The molecule has 0 aliphatic rings. The van der Waals surface area contributed by atoms with Crippen molar-refractivity contribution in [3.63, 3.8) is 0 Å². The summed E-state index contributed by atoms with van der Waals surface area (Å²) in [6, 6.07) is 4.73. The minimum Gasteiger partial charge on any atom is -0.298 e. The van der Waals surface area contributed by atoms with Crippen LogP contribution in [0.1, 0.15) is 27.0 Å². The molecule has 0 heterocycles. The van der Waals surface area contributed by atoms with Gasteiger partial charge in [-0.1, -0.05) is 0 Å². The van der Waals surface area contributed by atoms with E-state index in [1.165, 1.54) is 0 Å². The Bertz CT molecular complexity index is 535. The second kappa shape index (κ2) is 4.67. The first kappa shape index (κ1) is 12.7. The average Bonchev–Trinajstić information content (AvgIpc) is 2.27. The number of carbonyl (C=O) groups excluding carboxylic acids is 1. The van der Waals surface area contributed by atoms with E-state index in [1.54, 1.807) is 12.1 Å². The van der Waals surface area contributed by atoms with E-state index in [1.807, 2.05) is 0 Å². The van der Waals surface area contributed by atoms with Gasteiger partial charge in [0.2, 0.25) is 0 Å². The molecule has 86 valence electrons. The predicted octanol–water partition coefficient (Wildman–Crippen LogP) is 2.46. The summed E-state index contributed by atoms with van der Waals surface area (Å²) in [5.41, 5.74) is -1.86. The van der Waals surface area contributed by atoms with Crippen molar-refractivity contribution >= 4 is 6.29 Å². The molecule has 17 heavy (non-hydrogen) atoms. The van der Waals surface area contributed by atoms with Crippen LogP contribution in [0.3, 0.4) is 0 Å². The van der Waals surface area contributed by atoms with Gasteiger partial charge in [-0.25, -0.2) is 0 Å². The predicted molar refractivity (Wildman–Crippen MR) is 50.9 cm³/mol. The molecule has 0 fully saturated rings. The number of rotatable bonds is 2. The fraction of sp³-hybridized carbons (Fsp3) is 0.182. The highest BCUT2D eigenvalue weighted by Gasteiger charge is 2.34. The molecule has 0 aliphatic carbocycles. The number of alkyl halides is 3. The number of benzene rings is 1. The maximum absolute atomic E-state index is 12.6. The number of carbonyl (C=O) groups is 1. The van der Waals surface area contributed by atoms with Crippen molar-refractivity contribution in [1.29, 1.82) is 10.5 Å². The Kier molecular flexibility index (Phi) is 3.49. The molecule has 0 bridgehead atoms. The van der Waals surface area contributed by atoms with E-state index in [9.17, 15) is 18.0 Å². The van der Waals surface area contributed by atoms with Gasteiger partial charge in [0.1, 0.15) is 0 Å². The van der Waals surface area contributed by atoms with Crippen molar-refractivity contribution < 1.29 is 18.0 Å². The summed E-state index contributed by atoms with van der Waals surface area (Å²) >= 11 is 0.